The van der Waals surface area contributed by atoms with Crippen LogP contribution in [0.4, 0.5) is 5.95 Å². The van der Waals surface area contributed by atoms with Gasteiger partial charge in [-0.15, -0.1) is 11.8 Å². The van der Waals surface area contributed by atoms with Gasteiger partial charge in [-0.3, -0.25) is 9.89 Å². The van der Waals surface area contributed by atoms with Gasteiger partial charge in [-0.2, -0.15) is 9.50 Å². The number of aromatic amines is 1. The van der Waals surface area contributed by atoms with Crippen molar-refractivity contribution < 1.29 is 29.6 Å². The summed E-state index contributed by atoms with van der Waals surface area (Å²) in [6.07, 6.45) is 1.91. The second kappa shape index (κ2) is 7.09. The third-order valence-electron chi connectivity index (χ3n) is 3.63. The Morgan fingerprint density at radius 1 is 1.26 bits per heavy atom. The van der Waals surface area contributed by atoms with E-state index in [1.807, 2.05) is 30.3 Å². The first kappa shape index (κ1) is 16.6. The standard InChI is InChI=1S/C15H15N5OS.Na/c21-13-12-11(7-4-8-22-12)17-15-18-14(19-20(13)15)16-9-10-5-2-1-3-6-10;/h1-3,5-6H,4,7-9H2,(H2,16,17,18,19);/q;+1. The molecular weight excluding hydrogens is 321 g/mol. The van der Waals surface area contributed by atoms with E-state index in [2.05, 4.69) is 20.4 Å². The zero-order valence-corrected chi connectivity index (χ0v) is 15.7. The van der Waals surface area contributed by atoms with Gasteiger partial charge < -0.3 is 5.32 Å². The third-order valence-corrected chi connectivity index (χ3v) is 4.82. The number of anilines is 1. The number of hydrogen-bond donors (Lipinski definition) is 2. The summed E-state index contributed by atoms with van der Waals surface area (Å²) in [4.78, 5) is 22.1. The molecule has 0 amide bonds. The van der Waals surface area contributed by atoms with Crippen LogP contribution in [0.1, 0.15) is 17.7 Å². The molecule has 1 aliphatic heterocycles. The average Bonchev–Trinajstić information content (AvgIpc) is 2.97. The van der Waals surface area contributed by atoms with Crippen molar-refractivity contribution in [2.45, 2.75) is 24.3 Å². The molecule has 2 N–H and O–H groups in total. The summed E-state index contributed by atoms with van der Waals surface area (Å²) < 4.78 is 1.42. The smallest absolute Gasteiger partial charge is 0.351 e. The number of nitrogens with zero attached hydrogens (tertiary/aromatic N) is 3. The molecule has 2 aromatic heterocycles. The van der Waals surface area contributed by atoms with E-state index in [4.69, 9.17) is 0 Å². The van der Waals surface area contributed by atoms with Gasteiger partial charge in [0.05, 0.1) is 10.6 Å². The number of aryl methyl sites for hydroxylation is 1. The first-order valence-electron chi connectivity index (χ1n) is 7.23. The fourth-order valence-corrected chi connectivity index (χ4v) is 3.55. The van der Waals surface area contributed by atoms with E-state index in [-0.39, 0.29) is 35.1 Å². The van der Waals surface area contributed by atoms with E-state index in [1.54, 1.807) is 11.8 Å². The number of H-pyrrole nitrogens is 1. The average molecular weight is 336 g/mol. The molecule has 6 nitrogen and oxygen atoms in total. The molecule has 1 aromatic carbocycles. The van der Waals surface area contributed by atoms with Crippen LogP contribution in [0.3, 0.4) is 0 Å². The summed E-state index contributed by atoms with van der Waals surface area (Å²) in [6, 6.07) is 10.0. The fourth-order valence-electron chi connectivity index (χ4n) is 2.53. The Hall–Kier alpha value is -1.28. The van der Waals surface area contributed by atoms with Crippen molar-refractivity contribution >= 4 is 23.5 Å². The predicted octanol–water partition coefficient (Wildman–Crippen LogP) is -0.928. The van der Waals surface area contributed by atoms with Crippen LogP contribution < -0.4 is 40.4 Å². The summed E-state index contributed by atoms with van der Waals surface area (Å²) in [6.45, 7) is 0.643. The van der Waals surface area contributed by atoms with Crippen LogP contribution in [0.2, 0.25) is 0 Å². The van der Waals surface area contributed by atoms with Crippen molar-refractivity contribution in [3.05, 3.63) is 51.9 Å². The Kier molecular flexibility index (Phi) is 5.11. The monoisotopic (exact) mass is 336 g/mol. The summed E-state index contributed by atoms with van der Waals surface area (Å²) in [5, 5.41) is 6.19. The maximum Gasteiger partial charge on any atom is 1.00 e. The van der Waals surface area contributed by atoms with Crippen LogP contribution in [0.25, 0.3) is 5.78 Å². The van der Waals surface area contributed by atoms with Crippen LogP contribution >= 0.6 is 11.8 Å². The first-order chi connectivity index (χ1) is 10.8. The normalized spacial score (nSPS) is 13.4. The zero-order valence-electron chi connectivity index (χ0n) is 12.9. The van der Waals surface area contributed by atoms with E-state index < -0.39 is 0 Å². The molecule has 8 heteroatoms. The van der Waals surface area contributed by atoms with Crippen molar-refractivity contribution in [1.82, 2.24) is 19.6 Å². The van der Waals surface area contributed by atoms with E-state index in [1.165, 1.54) is 4.52 Å². The van der Waals surface area contributed by atoms with Gasteiger partial charge in [0.25, 0.3) is 11.3 Å². The molecule has 0 bridgehead atoms. The largest absolute Gasteiger partial charge is 1.00 e. The molecule has 0 spiro atoms. The minimum absolute atomic E-state index is 0. The molecule has 0 unspecified atom stereocenters. The maximum atomic E-state index is 12.5. The molecule has 0 fully saturated rings. The van der Waals surface area contributed by atoms with Crippen molar-refractivity contribution in [3.63, 3.8) is 0 Å². The molecule has 0 saturated carbocycles. The SMILES string of the molecule is O=c1c2c(nc3nc(NCc4ccccc4)[nH]n13)CCCS2.[Na+]. The van der Waals surface area contributed by atoms with E-state index >= 15 is 0 Å². The number of nitrogens with one attached hydrogen (secondary N) is 2. The number of benzene rings is 1. The molecule has 0 atom stereocenters. The molecule has 112 valence electrons. The van der Waals surface area contributed by atoms with Gasteiger partial charge in [0.15, 0.2) is 0 Å². The molecule has 3 aromatic rings. The molecular formula is C15H15N5NaOS+. The van der Waals surface area contributed by atoms with Gasteiger partial charge >= 0.3 is 29.6 Å². The topological polar surface area (TPSA) is 75.1 Å². The molecule has 0 saturated heterocycles. The van der Waals surface area contributed by atoms with Crippen molar-refractivity contribution in [2.75, 3.05) is 11.1 Å². The van der Waals surface area contributed by atoms with Crippen LogP contribution in [-0.2, 0) is 13.0 Å². The Morgan fingerprint density at radius 3 is 2.91 bits per heavy atom. The number of hydrogen-bond acceptors (Lipinski definition) is 5. The van der Waals surface area contributed by atoms with Crippen LogP contribution in [0.15, 0.2) is 40.0 Å². The molecule has 1 aliphatic rings. The molecule has 0 radical (unpaired) electrons. The molecule has 23 heavy (non-hydrogen) atoms. The van der Waals surface area contributed by atoms with Crippen molar-refractivity contribution in [1.29, 1.82) is 0 Å². The van der Waals surface area contributed by atoms with Crippen LogP contribution in [0, 0.1) is 0 Å². The van der Waals surface area contributed by atoms with Crippen molar-refractivity contribution in [2.24, 2.45) is 0 Å². The first-order valence-corrected chi connectivity index (χ1v) is 8.22. The van der Waals surface area contributed by atoms with Gasteiger partial charge in [-0.1, -0.05) is 30.3 Å². The Balaban J connectivity index is 0.00000156. The molecule has 0 aliphatic carbocycles. The Labute approximate surface area is 159 Å². The number of rotatable bonds is 3. The molecule has 3 heterocycles. The van der Waals surface area contributed by atoms with Gasteiger partial charge in [-0.05, 0) is 24.2 Å². The maximum absolute atomic E-state index is 12.5. The fraction of sp³-hybridized carbons (Fsp3) is 0.267. The summed E-state index contributed by atoms with van der Waals surface area (Å²) in [7, 11) is 0. The number of aromatic nitrogens is 4. The number of thioether (sulfide) groups is 1. The minimum atomic E-state index is -0.0510. The quantitative estimate of drug-likeness (QED) is 0.605. The van der Waals surface area contributed by atoms with Crippen LogP contribution in [0.5, 0.6) is 0 Å². The van der Waals surface area contributed by atoms with Crippen LogP contribution in [-0.4, -0.2) is 25.3 Å². The van der Waals surface area contributed by atoms with E-state index in [0.717, 1.165) is 34.7 Å². The summed E-state index contributed by atoms with van der Waals surface area (Å²) in [5.74, 6) is 1.96. The summed E-state index contributed by atoms with van der Waals surface area (Å²) >= 11 is 1.59. The second-order valence-corrected chi connectivity index (χ2v) is 6.30. The molecule has 4 rings (SSSR count). The van der Waals surface area contributed by atoms with Crippen molar-refractivity contribution in [3.8, 4) is 0 Å². The van der Waals surface area contributed by atoms with Gasteiger partial charge in [0.2, 0.25) is 5.95 Å². The predicted molar refractivity (Wildman–Crippen MR) is 86.4 cm³/mol. The second-order valence-electron chi connectivity index (χ2n) is 5.19. The van der Waals surface area contributed by atoms with E-state index in [9.17, 15) is 4.79 Å². The Morgan fingerprint density at radius 2 is 2.09 bits per heavy atom. The number of fused-ring (bicyclic) bond motifs is 2. The minimum Gasteiger partial charge on any atom is -0.351 e. The van der Waals surface area contributed by atoms with Gasteiger partial charge in [0.1, 0.15) is 0 Å². The van der Waals surface area contributed by atoms with Gasteiger partial charge in [0, 0.05) is 6.54 Å². The summed E-state index contributed by atoms with van der Waals surface area (Å²) in [5.41, 5.74) is 1.98. The van der Waals surface area contributed by atoms with E-state index in [0.29, 0.717) is 18.3 Å². The Bertz CT molecular complexity index is 877. The van der Waals surface area contributed by atoms with Gasteiger partial charge in [-0.25, -0.2) is 4.98 Å². The third kappa shape index (κ3) is 3.33. The zero-order chi connectivity index (χ0) is 14.9.